The van der Waals surface area contributed by atoms with Gasteiger partial charge in [-0.2, -0.15) is 0 Å². The summed E-state index contributed by atoms with van der Waals surface area (Å²) in [7, 11) is 4.45. The van der Waals surface area contributed by atoms with Crippen LogP contribution in [0.1, 0.15) is 61.4 Å². The number of thiophene rings is 1. The molecule has 1 aromatic heterocycles. The number of benzene rings is 3. The SMILES string of the molecule is CN(C)C1(c2cccs2)CCC2(CCN(C(=O)CC(N[S@@+]([O-])c3ccc4ccccc4c3)c3ccccc3)CC2)CC1. The molecule has 220 valence electrons. The van der Waals surface area contributed by atoms with Crippen LogP contribution in [0.15, 0.2) is 95.2 Å². The molecule has 1 aliphatic heterocycles. The first-order chi connectivity index (χ1) is 20.4. The van der Waals surface area contributed by atoms with Crippen LogP contribution < -0.4 is 4.72 Å². The molecule has 1 aliphatic carbocycles. The molecular weight excluding hydrogens is 559 g/mol. The highest BCUT2D eigenvalue weighted by Crippen LogP contribution is 2.53. The van der Waals surface area contributed by atoms with Crippen LogP contribution in [0.3, 0.4) is 0 Å². The van der Waals surface area contributed by atoms with Crippen molar-refractivity contribution >= 4 is 39.4 Å². The third-order valence-electron chi connectivity index (χ3n) is 9.92. The van der Waals surface area contributed by atoms with Crippen LogP contribution in [0.2, 0.25) is 0 Å². The Morgan fingerprint density at radius 3 is 2.26 bits per heavy atom. The summed E-state index contributed by atoms with van der Waals surface area (Å²) in [5.41, 5.74) is 1.46. The van der Waals surface area contributed by atoms with Crippen molar-refractivity contribution in [1.29, 1.82) is 0 Å². The molecule has 2 heterocycles. The van der Waals surface area contributed by atoms with Gasteiger partial charge < -0.3 is 9.45 Å². The van der Waals surface area contributed by atoms with Gasteiger partial charge in [-0.1, -0.05) is 60.7 Å². The molecule has 3 aromatic carbocycles. The molecule has 42 heavy (non-hydrogen) atoms. The maximum atomic E-state index is 13.7. The normalized spacial score (nSPS) is 19.7. The average Bonchev–Trinajstić information content (AvgIpc) is 3.57. The first kappa shape index (κ1) is 29.4. The quantitative estimate of drug-likeness (QED) is 0.216. The molecule has 1 amide bonds. The molecule has 5 nitrogen and oxygen atoms in total. The highest BCUT2D eigenvalue weighted by Gasteiger charge is 2.47. The Hall–Kier alpha value is -2.68. The van der Waals surface area contributed by atoms with Gasteiger partial charge in [-0.3, -0.25) is 9.69 Å². The lowest BCUT2D eigenvalue weighted by atomic mass is 9.62. The second-order valence-electron chi connectivity index (χ2n) is 12.3. The van der Waals surface area contributed by atoms with Crippen LogP contribution in [0.5, 0.6) is 0 Å². The Morgan fingerprint density at radius 1 is 0.905 bits per heavy atom. The van der Waals surface area contributed by atoms with Gasteiger partial charge in [0.25, 0.3) is 0 Å². The fourth-order valence-corrected chi connectivity index (χ4v) is 9.18. The van der Waals surface area contributed by atoms with E-state index in [1.807, 2.05) is 78.1 Å². The summed E-state index contributed by atoms with van der Waals surface area (Å²) in [5.74, 6) is 0.138. The van der Waals surface area contributed by atoms with Gasteiger partial charge in [0.05, 0.1) is 29.4 Å². The largest absolute Gasteiger partial charge is 0.593 e. The van der Waals surface area contributed by atoms with Crippen LogP contribution in [-0.4, -0.2) is 47.4 Å². The molecule has 7 heteroatoms. The molecule has 2 aliphatic rings. The van der Waals surface area contributed by atoms with Crippen LogP contribution in [0.25, 0.3) is 10.8 Å². The zero-order valence-corrected chi connectivity index (χ0v) is 26.3. The van der Waals surface area contributed by atoms with E-state index in [2.05, 4.69) is 52.2 Å². The zero-order valence-electron chi connectivity index (χ0n) is 24.6. The van der Waals surface area contributed by atoms with E-state index < -0.39 is 11.4 Å². The van der Waals surface area contributed by atoms with Crippen LogP contribution >= 0.6 is 11.3 Å². The Morgan fingerprint density at radius 2 is 1.60 bits per heavy atom. The summed E-state index contributed by atoms with van der Waals surface area (Å²) < 4.78 is 16.8. The van der Waals surface area contributed by atoms with Gasteiger partial charge >= 0.3 is 0 Å². The van der Waals surface area contributed by atoms with Gasteiger partial charge in [-0.05, 0) is 98.0 Å². The smallest absolute Gasteiger partial charge is 0.224 e. The van der Waals surface area contributed by atoms with Crippen molar-refractivity contribution in [3.8, 4) is 0 Å². The number of rotatable bonds is 8. The molecule has 1 saturated heterocycles. The van der Waals surface area contributed by atoms with E-state index in [0.29, 0.717) is 11.8 Å². The number of carbonyl (C=O) groups is 1. The molecule has 4 aromatic rings. The summed E-state index contributed by atoms with van der Waals surface area (Å²) in [6, 6.07) is 28.1. The third kappa shape index (κ3) is 6.03. The zero-order chi connectivity index (χ0) is 29.2. The van der Waals surface area contributed by atoms with Crippen molar-refractivity contribution in [3.63, 3.8) is 0 Å². The minimum atomic E-state index is -1.45. The Balaban J connectivity index is 1.10. The van der Waals surface area contributed by atoms with Gasteiger partial charge in [0.15, 0.2) is 4.90 Å². The van der Waals surface area contributed by atoms with Crippen LogP contribution in [0.4, 0.5) is 0 Å². The molecule has 6 rings (SSSR count). The number of piperidine rings is 1. The number of hydrogen-bond acceptors (Lipinski definition) is 5. The Kier molecular flexibility index (Phi) is 8.75. The van der Waals surface area contributed by atoms with Crippen molar-refractivity contribution in [2.24, 2.45) is 5.41 Å². The summed E-state index contributed by atoms with van der Waals surface area (Å²) in [6.07, 6.45) is 7.20. The first-order valence-corrected chi connectivity index (χ1v) is 17.1. The molecular formula is C35H41N3O2S2. The molecule has 1 saturated carbocycles. The van der Waals surface area contributed by atoms with Gasteiger partial charge in [0.1, 0.15) is 0 Å². The average molecular weight is 600 g/mol. The number of carbonyl (C=O) groups excluding carboxylic acids is 1. The first-order valence-electron chi connectivity index (χ1n) is 15.1. The number of amides is 1. The van der Waals surface area contributed by atoms with E-state index in [0.717, 1.165) is 47.2 Å². The molecule has 1 unspecified atom stereocenters. The summed E-state index contributed by atoms with van der Waals surface area (Å²) in [6.45, 7) is 1.62. The lowest BCUT2D eigenvalue weighted by Gasteiger charge is -2.52. The standard InChI is InChI=1S/C35H41N3O2S2/c1-37(2)35(32-13-8-24-41-32)18-16-34(17-19-35)20-22-38(23-21-34)33(39)26-31(28-10-4-3-5-11-28)36-42(40)30-15-14-27-9-6-7-12-29(27)25-30/h3-15,24-25,31,36H,16-23,26H2,1-2H3/t31?,42-/m0/s1. The lowest BCUT2D eigenvalue weighted by Crippen LogP contribution is -2.50. The van der Waals surface area contributed by atoms with E-state index in [1.54, 1.807) is 0 Å². The summed E-state index contributed by atoms with van der Waals surface area (Å²) in [4.78, 5) is 20.4. The van der Waals surface area contributed by atoms with Crippen molar-refractivity contribution in [3.05, 3.63) is 101 Å². The van der Waals surface area contributed by atoms with Crippen molar-refractivity contribution < 1.29 is 9.35 Å². The number of nitrogens with one attached hydrogen (secondary N) is 1. The minimum absolute atomic E-state index is 0.138. The number of hydrogen-bond donors (Lipinski definition) is 1. The number of likely N-dealkylation sites (tertiary alicyclic amines) is 1. The van der Waals surface area contributed by atoms with Gasteiger partial charge in [0, 0.05) is 24.0 Å². The molecule has 1 N–H and O–H groups in total. The molecule has 2 fully saturated rings. The van der Waals surface area contributed by atoms with E-state index in [4.69, 9.17) is 0 Å². The molecule has 2 atom stereocenters. The van der Waals surface area contributed by atoms with E-state index in [1.165, 1.54) is 30.6 Å². The lowest BCUT2D eigenvalue weighted by molar-refractivity contribution is -0.134. The minimum Gasteiger partial charge on any atom is -0.593 e. The van der Waals surface area contributed by atoms with Gasteiger partial charge in [0.2, 0.25) is 5.91 Å². The van der Waals surface area contributed by atoms with E-state index in [-0.39, 0.29) is 17.5 Å². The second kappa shape index (κ2) is 12.5. The van der Waals surface area contributed by atoms with E-state index >= 15 is 0 Å². The monoisotopic (exact) mass is 599 g/mol. The molecule has 0 radical (unpaired) electrons. The maximum Gasteiger partial charge on any atom is 0.224 e. The van der Waals surface area contributed by atoms with Crippen LogP contribution in [0, 0.1) is 5.41 Å². The highest BCUT2D eigenvalue weighted by molar-refractivity contribution is 7.89. The van der Waals surface area contributed by atoms with Gasteiger partial charge in [-0.25, -0.2) is 0 Å². The highest BCUT2D eigenvalue weighted by atomic mass is 32.2. The van der Waals surface area contributed by atoms with Crippen molar-refractivity contribution in [2.75, 3.05) is 27.2 Å². The molecule has 1 spiro atoms. The van der Waals surface area contributed by atoms with Crippen molar-refractivity contribution in [2.45, 2.75) is 61.4 Å². The summed E-state index contributed by atoms with van der Waals surface area (Å²) in [5, 5.41) is 4.37. The third-order valence-corrected chi connectivity index (χ3v) is 12.2. The second-order valence-corrected chi connectivity index (χ2v) is 14.5. The predicted octanol–water partition coefficient (Wildman–Crippen LogP) is 7.28. The summed E-state index contributed by atoms with van der Waals surface area (Å²) >= 11 is 0.432. The van der Waals surface area contributed by atoms with E-state index in [9.17, 15) is 9.35 Å². The van der Waals surface area contributed by atoms with Crippen LogP contribution in [-0.2, 0) is 21.7 Å². The van der Waals surface area contributed by atoms with Gasteiger partial charge in [-0.15, -0.1) is 16.1 Å². The Bertz CT molecular complexity index is 1470. The fourth-order valence-electron chi connectivity index (χ4n) is 7.08. The fraction of sp³-hybridized carbons (Fsp3) is 0.400. The number of fused-ring (bicyclic) bond motifs is 1. The topological polar surface area (TPSA) is 58.6 Å². The Labute approximate surface area is 257 Å². The van der Waals surface area contributed by atoms with Crippen molar-refractivity contribution in [1.82, 2.24) is 14.5 Å². The maximum absolute atomic E-state index is 13.7. The molecule has 0 bridgehead atoms. The predicted molar refractivity (Wildman–Crippen MR) is 174 cm³/mol. The number of nitrogens with zero attached hydrogens (tertiary/aromatic N) is 2.